The quantitative estimate of drug-likeness (QED) is 0.789. The summed E-state index contributed by atoms with van der Waals surface area (Å²) in [6.07, 6.45) is 2.19. The van der Waals surface area contributed by atoms with Crippen LogP contribution in [0.3, 0.4) is 0 Å². The van der Waals surface area contributed by atoms with Gasteiger partial charge in [0.15, 0.2) is 0 Å². The van der Waals surface area contributed by atoms with Crippen molar-refractivity contribution in [3.63, 3.8) is 0 Å². The van der Waals surface area contributed by atoms with Crippen molar-refractivity contribution in [2.75, 3.05) is 27.7 Å². The van der Waals surface area contributed by atoms with Gasteiger partial charge < -0.3 is 15.0 Å². The molecule has 0 aliphatic carbocycles. The molecular weight excluding hydrogens is 260 g/mol. The molecule has 1 rings (SSSR count). The zero-order chi connectivity index (χ0) is 16.0. The molecule has 0 bridgehead atoms. The summed E-state index contributed by atoms with van der Waals surface area (Å²) in [6, 6.07) is 6.69. The van der Waals surface area contributed by atoms with Crippen LogP contribution in [0.15, 0.2) is 18.2 Å². The third-order valence-electron chi connectivity index (χ3n) is 4.65. The van der Waals surface area contributed by atoms with Gasteiger partial charge in [0.05, 0.1) is 13.2 Å². The number of methoxy groups -OCH3 is 1. The molecule has 120 valence electrons. The number of hydrogen-bond donors (Lipinski definition) is 1. The molecule has 1 N–H and O–H groups in total. The first-order chi connectivity index (χ1) is 9.90. The zero-order valence-electron chi connectivity index (χ0n) is 14.8. The summed E-state index contributed by atoms with van der Waals surface area (Å²) >= 11 is 0. The normalized spacial score (nSPS) is 15.8. The molecule has 2 unspecified atom stereocenters. The number of nitrogens with one attached hydrogen (secondary N) is 1. The highest BCUT2D eigenvalue weighted by Gasteiger charge is 2.37. The maximum Gasteiger partial charge on any atom is 0.123 e. The maximum atomic E-state index is 5.62. The van der Waals surface area contributed by atoms with Crippen molar-refractivity contribution in [2.45, 2.75) is 52.1 Å². The predicted molar refractivity (Wildman–Crippen MR) is 91.1 cm³/mol. The van der Waals surface area contributed by atoms with Gasteiger partial charge in [0.1, 0.15) is 5.75 Å². The van der Waals surface area contributed by atoms with Crippen LogP contribution in [0, 0.1) is 6.92 Å². The molecule has 0 heterocycles. The monoisotopic (exact) mass is 292 g/mol. The topological polar surface area (TPSA) is 24.5 Å². The third-order valence-corrected chi connectivity index (χ3v) is 4.65. The number of aryl methyl sites for hydroxylation is 1. The molecule has 2 atom stereocenters. The SMILES string of the molecule is CCCNC(c1cc(C)ccc1OC)C(C)(CC)N(C)C. The van der Waals surface area contributed by atoms with Crippen LogP contribution in [0.5, 0.6) is 5.75 Å². The van der Waals surface area contributed by atoms with Crippen LogP contribution in [0.1, 0.15) is 50.8 Å². The summed E-state index contributed by atoms with van der Waals surface area (Å²) in [5.74, 6) is 0.968. The molecule has 0 aliphatic heterocycles. The van der Waals surface area contributed by atoms with E-state index in [2.05, 4.69) is 70.2 Å². The Morgan fingerprint density at radius 2 is 1.95 bits per heavy atom. The van der Waals surface area contributed by atoms with E-state index in [1.54, 1.807) is 7.11 Å². The van der Waals surface area contributed by atoms with E-state index in [1.165, 1.54) is 11.1 Å². The summed E-state index contributed by atoms with van der Waals surface area (Å²) < 4.78 is 5.62. The van der Waals surface area contributed by atoms with Crippen LogP contribution in [-0.4, -0.2) is 38.2 Å². The van der Waals surface area contributed by atoms with E-state index in [1.807, 2.05) is 0 Å². The van der Waals surface area contributed by atoms with Crippen LogP contribution >= 0.6 is 0 Å². The van der Waals surface area contributed by atoms with Gasteiger partial charge in [-0.3, -0.25) is 0 Å². The lowest BCUT2D eigenvalue weighted by Crippen LogP contribution is -2.51. The highest BCUT2D eigenvalue weighted by molar-refractivity contribution is 5.40. The standard InChI is InChI=1S/C18H32N2O/c1-8-12-19-17(18(4,9-2)20(5)6)15-13-14(3)10-11-16(15)21-7/h10-11,13,17,19H,8-9,12H2,1-7H3. The van der Waals surface area contributed by atoms with Gasteiger partial charge in [0.25, 0.3) is 0 Å². The van der Waals surface area contributed by atoms with Gasteiger partial charge in [-0.2, -0.15) is 0 Å². The van der Waals surface area contributed by atoms with Gasteiger partial charge in [-0.15, -0.1) is 0 Å². The molecule has 0 spiro atoms. The largest absolute Gasteiger partial charge is 0.496 e. The first-order valence-corrected chi connectivity index (χ1v) is 7.96. The van der Waals surface area contributed by atoms with Gasteiger partial charge >= 0.3 is 0 Å². The summed E-state index contributed by atoms with van der Waals surface area (Å²) in [7, 11) is 6.07. The molecule has 0 aromatic heterocycles. The Morgan fingerprint density at radius 3 is 2.43 bits per heavy atom. The molecule has 1 aromatic rings. The van der Waals surface area contributed by atoms with Crippen molar-refractivity contribution in [2.24, 2.45) is 0 Å². The van der Waals surface area contributed by atoms with Crippen LogP contribution < -0.4 is 10.1 Å². The number of ether oxygens (including phenoxy) is 1. The van der Waals surface area contributed by atoms with Gasteiger partial charge in [0.2, 0.25) is 0 Å². The minimum absolute atomic E-state index is 0.0379. The summed E-state index contributed by atoms with van der Waals surface area (Å²) in [5, 5.41) is 3.74. The summed E-state index contributed by atoms with van der Waals surface area (Å²) in [4.78, 5) is 2.32. The Kier molecular flexibility index (Phi) is 6.69. The second-order valence-corrected chi connectivity index (χ2v) is 6.24. The molecule has 3 nitrogen and oxygen atoms in total. The van der Waals surface area contributed by atoms with E-state index in [0.717, 1.165) is 25.1 Å². The zero-order valence-corrected chi connectivity index (χ0v) is 14.8. The van der Waals surface area contributed by atoms with Crippen molar-refractivity contribution in [1.29, 1.82) is 0 Å². The minimum Gasteiger partial charge on any atom is -0.496 e. The van der Waals surface area contributed by atoms with E-state index in [4.69, 9.17) is 4.74 Å². The average molecular weight is 292 g/mol. The Bertz CT molecular complexity index is 445. The molecule has 0 saturated heterocycles. The Hall–Kier alpha value is -1.06. The summed E-state index contributed by atoms with van der Waals surface area (Å²) in [6.45, 7) is 9.92. The average Bonchev–Trinajstić information content (AvgIpc) is 2.47. The number of nitrogens with zero attached hydrogens (tertiary/aromatic N) is 1. The molecule has 0 saturated carbocycles. The highest BCUT2D eigenvalue weighted by atomic mass is 16.5. The molecule has 21 heavy (non-hydrogen) atoms. The first kappa shape index (κ1) is 18.0. The number of likely N-dealkylation sites (N-methyl/N-ethyl adjacent to an activating group) is 1. The first-order valence-electron chi connectivity index (χ1n) is 7.96. The Labute approximate surface area is 130 Å². The molecular formula is C18H32N2O. The van der Waals surface area contributed by atoms with E-state index >= 15 is 0 Å². The van der Waals surface area contributed by atoms with Gasteiger partial charge in [-0.05, 0) is 53.4 Å². The van der Waals surface area contributed by atoms with Crippen molar-refractivity contribution >= 4 is 0 Å². The second-order valence-electron chi connectivity index (χ2n) is 6.24. The van der Waals surface area contributed by atoms with E-state index in [0.29, 0.717) is 0 Å². The number of rotatable bonds is 8. The van der Waals surface area contributed by atoms with E-state index in [-0.39, 0.29) is 11.6 Å². The van der Waals surface area contributed by atoms with Crippen molar-refractivity contribution in [3.05, 3.63) is 29.3 Å². The van der Waals surface area contributed by atoms with Crippen LogP contribution in [0.4, 0.5) is 0 Å². The summed E-state index contributed by atoms with van der Waals surface area (Å²) in [5.41, 5.74) is 2.56. The molecule has 0 fully saturated rings. The molecule has 0 amide bonds. The fourth-order valence-electron chi connectivity index (χ4n) is 2.81. The highest BCUT2D eigenvalue weighted by Crippen LogP contribution is 2.37. The molecule has 3 heteroatoms. The third kappa shape index (κ3) is 3.98. The van der Waals surface area contributed by atoms with Crippen molar-refractivity contribution in [1.82, 2.24) is 10.2 Å². The molecule has 0 aliphatic rings. The van der Waals surface area contributed by atoms with Crippen molar-refractivity contribution < 1.29 is 4.74 Å². The van der Waals surface area contributed by atoms with Gasteiger partial charge in [-0.25, -0.2) is 0 Å². The fourth-order valence-corrected chi connectivity index (χ4v) is 2.81. The second kappa shape index (κ2) is 7.81. The minimum atomic E-state index is 0.0379. The van der Waals surface area contributed by atoms with Crippen molar-refractivity contribution in [3.8, 4) is 5.75 Å². The lowest BCUT2D eigenvalue weighted by molar-refractivity contribution is 0.111. The molecule has 0 radical (unpaired) electrons. The smallest absolute Gasteiger partial charge is 0.123 e. The lowest BCUT2D eigenvalue weighted by atomic mass is 9.82. The van der Waals surface area contributed by atoms with Gasteiger partial charge in [0, 0.05) is 11.1 Å². The Morgan fingerprint density at radius 1 is 1.29 bits per heavy atom. The van der Waals surface area contributed by atoms with Gasteiger partial charge in [-0.1, -0.05) is 31.5 Å². The molecule has 1 aromatic carbocycles. The van der Waals surface area contributed by atoms with Crippen LogP contribution in [0.2, 0.25) is 0 Å². The number of hydrogen-bond acceptors (Lipinski definition) is 3. The fraction of sp³-hybridized carbons (Fsp3) is 0.667. The predicted octanol–water partition coefficient (Wildman–Crippen LogP) is 3.77. The van der Waals surface area contributed by atoms with E-state index < -0.39 is 0 Å². The van der Waals surface area contributed by atoms with Crippen LogP contribution in [-0.2, 0) is 0 Å². The van der Waals surface area contributed by atoms with Crippen LogP contribution in [0.25, 0.3) is 0 Å². The number of benzene rings is 1. The van der Waals surface area contributed by atoms with E-state index in [9.17, 15) is 0 Å². The maximum absolute atomic E-state index is 5.62. The Balaban J connectivity index is 3.33. The lowest BCUT2D eigenvalue weighted by Gasteiger charge is -2.44.